The number of anilines is 1. The minimum absolute atomic E-state index is 0.0168. The molecule has 0 aliphatic heterocycles. The summed E-state index contributed by atoms with van der Waals surface area (Å²) in [6.45, 7) is 2.43. The van der Waals surface area contributed by atoms with Gasteiger partial charge in [0.2, 0.25) is 5.91 Å². The van der Waals surface area contributed by atoms with Crippen molar-refractivity contribution in [2.75, 3.05) is 31.4 Å². The highest BCUT2D eigenvalue weighted by Crippen LogP contribution is 2.20. The van der Waals surface area contributed by atoms with Crippen LogP contribution in [-0.2, 0) is 4.79 Å². The highest BCUT2D eigenvalue weighted by molar-refractivity contribution is 6.17. The van der Waals surface area contributed by atoms with Gasteiger partial charge in [0.1, 0.15) is 11.9 Å². The van der Waals surface area contributed by atoms with E-state index < -0.39 is 0 Å². The first-order valence-corrected chi connectivity index (χ1v) is 7.33. The normalized spacial score (nSPS) is 11.8. The second kappa shape index (κ2) is 8.69. The Morgan fingerprint density at radius 1 is 1.45 bits per heavy atom. The molecule has 112 valence electrons. The van der Waals surface area contributed by atoms with Crippen molar-refractivity contribution in [3.63, 3.8) is 0 Å². The van der Waals surface area contributed by atoms with Gasteiger partial charge in [-0.05, 0) is 25.5 Å². The number of carbonyl (C=O) groups excluding carboxylic acids is 1. The molecule has 0 saturated carbocycles. The zero-order valence-corrected chi connectivity index (χ0v) is 13.1. The Balaban J connectivity index is 2.40. The minimum Gasteiger partial charge on any atom is -0.489 e. The first-order chi connectivity index (χ1) is 9.52. The fourth-order valence-corrected chi connectivity index (χ4v) is 1.82. The van der Waals surface area contributed by atoms with Crippen molar-refractivity contribution in [2.45, 2.75) is 25.9 Å². The van der Waals surface area contributed by atoms with Crippen molar-refractivity contribution in [1.29, 1.82) is 0 Å². The number of carbonyl (C=O) groups is 1. The lowest BCUT2D eigenvalue weighted by Gasteiger charge is -2.18. The van der Waals surface area contributed by atoms with Gasteiger partial charge in [0.25, 0.3) is 0 Å². The Labute approximate surface area is 126 Å². The van der Waals surface area contributed by atoms with E-state index in [9.17, 15) is 4.79 Å². The summed E-state index contributed by atoms with van der Waals surface area (Å²) in [4.78, 5) is 13.5. The molecule has 20 heavy (non-hydrogen) atoms. The zero-order chi connectivity index (χ0) is 15.0. The molecule has 0 radical (unpaired) electrons. The summed E-state index contributed by atoms with van der Waals surface area (Å²) in [6, 6.07) is 7.87. The van der Waals surface area contributed by atoms with E-state index in [1.807, 2.05) is 50.2 Å². The summed E-state index contributed by atoms with van der Waals surface area (Å²) in [5, 5.41) is 2.84. The number of rotatable bonds is 8. The van der Waals surface area contributed by atoms with Crippen LogP contribution in [0.3, 0.4) is 0 Å². The van der Waals surface area contributed by atoms with Crippen LogP contribution in [0, 0.1) is 0 Å². The van der Waals surface area contributed by atoms with E-state index in [0.29, 0.717) is 25.3 Å². The summed E-state index contributed by atoms with van der Waals surface area (Å²) >= 11 is 5.55. The number of hydrogen-bond acceptors (Lipinski definition) is 3. The van der Waals surface area contributed by atoms with Crippen LogP contribution in [0.15, 0.2) is 24.3 Å². The molecule has 0 heterocycles. The molecule has 1 N–H and O–H groups in total. The van der Waals surface area contributed by atoms with Crippen molar-refractivity contribution < 1.29 is 9.53 Å². The molecule has 0 aliphatic rings. The molecule has 0 fully saturated rings. The molecule has 1 aromatic carbocycles. The maximum absolute atomic E-state index is 11.5. The lowest BCUT2D eigenvalue weighted by molar-refractivity contribution is -0.121. The highest BCUT2D eigenvalue weighted by atomic mass is 35.5. The molecule has 0 saturated heterocycles. The fraction of sp³-hybridized carbons (Fsp3) is 0.533. The van der Waals surface area contributed by atoms with Crippen molar-refractivity contribution in [3.05, 3.63) is 24.3 Å². The van der Waals surface area contributed by atoms with Crippen LogP contribution in [0.4, 0.5) is 5.69 Å². The molecule has 1 aromatic rings. The van der Waals surface area contributed by atoms with Gasteiger partial charge in [0, 0.05) is 38.1 Å². The van der Waals surface area contributed by atoms with Gasteiger partial charge in [0.15, 0.2) is 0 Å². The number of nitrogens with zero attached hydrogens (tertiary/aromatic N) is 1. The molecule has 1 unspecified atom stereocenters. The van der Waals surface area contributed by atoms with E-state index in [1.54, 1.807) is 0 Å². The standard InChI is InChI=1S/C15H23ClN2O2/c1-12(11-17-15(19)8-5-9-16)20-14-7-4-6-13(10-14)18(2)3/h4,6-7,10,12H,5,8-9,11H2,1-3H3,(H,17,19). The van der Waals surface area contributed by atoms with Crippen LogP contribution in [0.25, 0.3) is 0 Å². The molecule has 4 nitrogen and oxygen atoms in total. The monoisotopic (exact) mass is 298 g/mol. The highest BCUT2D eigenvalue weighted by Gasteiger charge is 2.07. The summed E-state index contributed by atoms with van der Waals surface area (Å²) < 4.78 is 5.79. The average molecular weight is 299 g/mol. The van der Waals surface area contributed by atoms with Crippen molar-refractivity contribution >= 4 is 23.2 Å². The summed E-state index contributed by atoms with van der Waals surface area (Å²) in [5.41, 5.74) is 1.08. The van der Waals surface area contributed by atoms with Crippen molar-refractivity contribution in [1.82, 2.24) is 5.32 Å². The van der Waals surface area contributed by atoms with Gasteiger partial charge in [-0.3, -0.25) is 4.79 Å². The van der Waals surface area contributed by atoms with Gasteiger partial charge in [0.05, 0.1) is 6.54 Å². The van der Waals surface area contributed by atoms with Gasteiger partial charge in [-0.2, -0.15) is 0 Å². The van der Waals surface area contributed by atoms with Crippen LogP contribution in [-0.4, -0.2) is 38.5 Å². The molecule has 0 bridgehead atoms. The topological polar surface area (TPSA) is 41.6 Å². The Bertz CT molecular complexity index is 424. The van der Waals surface area contributed by atoms with E-state index in [4.69, 9.17) is 16.3 Å². The maximum Gasteiger partial charge on any atom is 0.220 e. The Morgan fingerprint density at radius 2 is 2.20 bits per heavy atom. The van der Waals surface area contributed by atoms with Crippen LogP contribution in [0.1, 0.15) is 19.8 Å². The third-order valence-electron chi connectivity index (χ3n) is 2.80. The molecular weight excluding hydrogens is 276 g/mol. The third kappa shape index (κ3) is 6.15. The van der Waals surface area contributed by atoms with E-state index in [-0.39, 0.29) is 12.0 Å². The molecule has 5 heteroatoms. The maximum atomic E-state index is 11.5. The minimum atomic E-state index is -0.0765. The second-order valence-electron chi connectivity index (χ2n) is 4.92. The van der Waals surface area contributed by atoms with Gasteiger partial charge in [-0.1, -0.05) is 6.07 Å². The number of benzene rings is 1. The quantitative estimate of drug-likeness (QED) is 0.750. The number of nitrogens with one attached hydrogen (secondary N) is 1. The molecule has 1 rings (SSSR count). The molecule has 1 atom stereocenters. The summed E-state index contributed by atoms with van der Waals surface area (Å²) in [6.07, 6.45) is 1.09. The molecule has 0 aliphatic carbocycles. The molecule has 1 amide bonds. The van der Waals surface area contributed by atoms with Gasteiger partial charge in [-0.25, -0.2) is 0 Å². The number of ether oxygens (including phenoxy) is 1. The lowest BCUT2D eigenvalue weighted by atomic mass is 10.2. The number of amides is 1. The predicted molar refractivity (Wildman–Crippen MR) is 83.8 cm³/mol. The van der Waals surface area contributed by atoms with E-state index in [2.05, 4.69) is 5.32 Å². The van der Waals surface area contributed by atoms with E-state index >= 15 is 0 Å². The number of halogens is 1. The smallest absolute Gasteiger partial charge is 0.220 e. The predicted octanol–water partition coefficient (Wildman–Crippen LogP) is 2.66. The van der Waals surface area contributed by atoms with Crippen LogP contribution >= 0.6 is 11.6 Å². The van der Waals surface area contributed by atoms with Gasteiger partial charge in [-0.15, -0.1) is 11.6 Å². The third-order valence-corrected chi connectivity index (χ3v) is 3.06. The molecular formula is C15H23ClN2O2. The Hall–Kier alpha value is -1.42. The fourth-order valence-electron chi connectivity index (χ4n) is 1.68. The van der Waals surface area contributed by atoms with E-state index in [1.165, 1.54) is 0 Å². The average Bonchev–Trinajstić information content (AvgIpc) is 2.43. The number of hydrogen-bond donors (Lipinski definition) is 1. The largest absolute Gasteiger partial charge is 0.489 e. The van der Waals surface area contributed by atoms with Crippen LogP contribution < -0.4 is 15.0 Å². The SMILES string of the molecule is CC(CNC(=O)CCCCl)Oc1cccc(N(C)C)c1. The van der Waals surface area contributed by atoms with Crippen LogP contribution in [0.5, 0.6) is 5.75 Å². The Kier molecular flexibility index (Phi) is 7.23. The van der Waals surface area contributed by atoms with Crippen LogP contribution in [0.2, 0.25) is 0 Å². The van der Waals surface area contributed by atoms with Crippen molar-refractivity contribution in [2.24, 2.45) is 0 Å². The van der Waals surface area contributed by atoms with E-state index in [0.717, 1.165) is 11.4 Å². The summed E-state index contributed by atoms with van der Waals surface area (Å²) in [5.74, 6) is 1.33. The zero-order valence-electron chi connectivity index (χ0n) is 12.4. The molecule has 0 spiro atoms. The number of alkyl halides is 1. The Morgan fingerprint density at radius 3 is 2.85 bits per heavy atom. The van der Waals surface area contributed by atoms with Gasteiger partial charge >= 0.3 is 0 Å². The molecule has 0 aromatic heterocycles. The second-order valence-corrected chi connectivity index (χ2v) is 5.29. The first-order valence-electron chi connectivity index (χ1n) is 6.79. The summed E-state index contributed by atoms with van der Waals surface area (Å²) in [7, 11) is 3.97. The van der Waals surface area contributed by atoms with Crippen molar-refractivity contribution in [3.8, 4) is 5.75 Å². The lowest BCUT2D eigenvalue weighted by Crippen LogP contribution is -2.33. The van der Waals surface area contributed by atoms with Gasteiger partial charge < -0.3 is 15.0 Å². The first kappa shape index (κ1) is 16.6.